The molecule has 0 radical (unpaired) electrons. The number of nitrogens with zero attached hydrogens (tertiary/aromatic N) is 3. The van der Waals surface area contributed by atoms with E-state index in [9.17, 15) is 0 Å². The van der Waals surface area contributed by atoms with Crippen molar-refractivity contribution in [3.05, 3.63) is 35.9 Å². The molecule has 0 aliphatic carbocycles. The maximum Gasteiger partial charge on any atom is 0.291 e. The lowest BCUT2D eigenvalue weighted by atomic mass is 9.62. The smallest absolute Gasteiger partial charge is 0.260 e. The Labute approximate surface area is 126 Å². The van der Waals surface area contributed by atoms with Crippen LogP contribution in [0.3, 0.4) is 0 Å². The van der Waals surface area contributed by atoms with Crippen LogP contribution in [0.2, 0.25) is 0 Å². The van der Waals surface area contributed by atoms with E-state index in [-0.39, 0.29) is 11.0 Å². The van der Waals surface area contributed by atoms with Crippen LogP contribution in [0.4, 0.5) is 0 Å². The van der Waals surface area contributed by atoms with Crippen molar-refractivity contribution in [2.24, 2.45) is 0 Å². The van der Waals surface area contributed by atoms with Gasteiger partial charge in [0.05, 0.1) is 23.2 Å². The lowest BCUT2D eigenvalue weighted by Gasteiger charge is -2.47. The fourth-order valence-electron chi connectivity index (χ4n) is 4.52. The van der Waals surface area contributed by atoms with Gasteiger partial charge in [-0.25, -0.2) is 9.13 Å². The zero-order valence-electron chi connectivity index (χ0n) is 13.5. The molecule has 0 fully saturated rings. The molecule has 0 saturated carbocycles. The van der Waals surface area contributed by atoms with Crippen molar-refractivity contribution in [2.45, 2.75) is 64.5 Å². The van der Waals surface area contributed by atoms with Gasteiger partial charge in [-0.05, 0) is 38.3 Å². The van der Waals surface area contributed by atoms with Crippen LogP contribution in [0, 0.1) is 0 Å². The second kappa shape index (κ2) is 3.96. The zero-order valence-corrected chi connectivity index (χ0v) is 13.5. The third-order valence-corrected chi connectivity index (χ3v) is 6.42. The lowest BCUT2D eigenvalue weighted by molar-refractivity contribution is -0.687. The molecule has 0 N–H and O–H groups in total. The zero-order chi connectivity index (χ0) is 14.8. The van der Waals surface area contributed by atoms with Crippen LogP contribution >= 0.6 is 0 Å². The molecule has 4 rings (SSSR count). The van der Waals surface area contributed by atoms with Crippen LogP contribution in [-0.4, -0.2) is 9.55 Å². The molecule has 2 atom stereocenters. The molecule has 21 heavy (non-hydrogen) atoms. The first-order valence-corrected chi connectivity index (χ1v) is 8.17. The van der Waals surface area contributed by atoms with Gasteiger partial charge in [-0.15, -0.1) is 0 Å². The van der Waals surface area contributed by atoms with Gasteiger partial charge in [-0.3, -0.25) is 4.98 Å². The molecular formula is C18H24N3+. The normalized spacial score (nSPS) is 29.3. The predicted molar refractivity (Wildman–Crippen MR) is 83.1 cm³/mol. The average Bonchev–Trinajstić information content (AvgIpc) is 2.96. The summed E-state index contributed by atoms with van der Waals surface area (Å²) in [7, 11) is 0. The molecule has 2 aromatic heterocycles. The van der Waals surface area contributed by atoms with E-state index in [0.29, 0.717) is 0 Å². The highest BCUT2D eigenvalue weighted by Crippen LogP contribution is 2.53. The van der Waals surface area contributed by atoms with Crippen LogP contribution in [-0.2, 0) is 23.9 Å². The summed E-state index contributed by atoms with van der Waals surface area (Å²) in [5.74, 6) is 1.37. The van der Waals surface area contributed by atoms with E-state index in [2.05, 4.69) is 55.3 Å². The second-order valence-corrected chi connectivity index (χ2v) is 6.94. The van der Waals surface area contributed by atoms with Gasteiger partial charge in [-0.2, -0.15) is 0 Å². The van der Waals surface area contributed by atoms with Crippen molar-refractivity contribution in [1.29, 1.82) is 0 Å². The van der Waals surface area contributed by atoms with E-state index in [1.165, 1.54) is 22.6 Å². The van der Waals surface area contributed by atoms with Crippen molar-refractivity contribution < 1.29 is 4.57 Å². The molecule has 2 aliphatic heterocycles. The van der Waals surface area contributed by atoms with Gasteiger partial charge >= 0.3 is 0 Å². The minimum atomic E-state index is 0.0777. The van der Waals surface area contributed by atoms with Gasteiger partial charge in [-0.1, -0.05) is 13.8 Å². The number of hydrogen-bond acceptors (Lipinski definition) is 1. The summed E-state index contributed by atoms with van der Waals surface area (Å²) < 4.78 is 4.94. The second-order valence-electron chi connectivity index (χ2n) is 6.94. The molecular weight excluding hydrogens is 258 g/mol. The first kappa shape index (κ1) is 13.1. The Morgan fingerprint density at radius 2 is 2.10 bits per heavy atom. The monoisotopic (exact) mass is 282 g/mol. The summed E-state index contributed by atoms with van der Waals surface area (Å²) in [6, 6.07) is 2.21. The molecule has 2 aromatic rings. The van der Waals surface area contributed by atoms with Crippen LogP contribution in [0.25, 0.3) is 11.4 Å². The Hall–Kier alpha value is -1.64. The Balaban J connectivity index is 2.16. The molecule has 0 saturated heterocycles. The Morgan fingerprint density at radius 3 is 2.81 bits per heavy atom. The van der Waals surface area contributed by atoms with Crippen molar-refractivity contribution >= 4 is 0 Å². The Morgan fingerprint density at radius 1 is 1.29 bits per heavy atom. The van der Waals surface area contributed by atoms with E-state index >= 15 is 0 Å². The fraction of sp³-hybridized carbons (Fsp3) is 0.556. The number of rotatable bonds is 2. The van der Waals surface area contributed by atoms with E-state index in [1.54, 1.807) is 0 Å². The number of imidazole rings is 1. The molecule has 0 amide bonds. The number of pyridine rings is 1. The maximum absolute atomic E-state index is 4.87. The first-order chi connectivity index (χ1) is 10.1. The Kier molecular flexibility index (Phi) is 2.46. The van der Waals surface area contributed by atoms with Crippen LogP contribution in [0.1, 0.15) is 51.8 Å². The van der Waals surface area contributed by atoms with Crippen molar-refractivity contribution in [1.82, 2.24) is 9.55 Å². The Bertz CT molecular complexity index is 730. The summed E-state index contributed by atoms with van der Waals surface area (Å²) >= 11 is 0. The molecule has 0 spiro atoms. The SMILES string of the molecule is CCC1(C)c2nccc3c2-c2n(cc[n+]2CC3)C1(C)CC. The molecule has 2 aliphatic rings. The third-order valence-electron chi connectivity index (χ3n) is 6.42. The number of aromatic nitrogens is 3. The van der Waals surface area contributed by atoms with Crippen molar-refractivity contribution in [2.75, 3.05) is 0 Å². The van der Waals surface area contributed by atoms with Gasteiger partial charge in [0.15, 0.2) is 0 Å². The van der Waals surface area contributed by atoms with Gasteiger partial charge in [0.1, 0.15) is 17.9 Å². The minimum Gasteiger partial charge on any atom is -0.260 e. The van der Waals surface area contributed by atoms with E-state index < -0.39 is 0 Å². The molecule has 2 unspecified atom stereocenters. The van der Waals surface area contributed by atoms with Crippen LogP contribution in [0.5, 0.6) is 0 Å². The largest absolute Gasteiger partial charge is 0.291 e. The van der Waals surface area contributed by atoms with Crippen LogP contribution < -0.4 is 4.57 Å². The standard InChI is InChI=1S/C18H24N3/c1-5-17(3)15-14-13(7-9-19-15)8-10-20-11-12-21(16(14)20)18(17,4)6-2/h7,9,11-12H,5-6,8,10H2,1-4H3/q+1. The quantitative estimate of drug-likeness (QED) is 0.775. The summed E-state index contributed by atoms with van der Waals surface area (Å²) in [6.45, 7) is 10.5. The van der Waals surface area contributed by atoms with Gasteiger partial charge < -0.3 is 0 Å². The lowest BCUT2D eigenvalue weighted by Crippen LogP contribution is -2.55. The first-order valence-electron chi connectivity index (χ1n) is 8.17. The number of hydrogen-bond donors (Lipinski definition) is 0. The summed E-state index contributed by atoms with van der Waals surface area (Å²) in [6.07, 6.45) is 9.91. The number of aryl methyl sites for hydroxylation is 2. The molecule has 3 heteroatoms. The molecule has 3 nitrogen and oxygen atoms in total. The van der Waals surface area contributed by atoms with Gasteiger partial charge in [0, 0.05) is 12.6 Å². The molecule has 0 bridgehead atoms. The summed E-state index contributed by atoms with van der Waals surface area (Å²) in [5, 5.41) is 0. The maximum atomic E-state index is 4.87. The third kappa shape index (κ3) is 1.31. The molecule has 4 heterocycles. The average molecular weight is 282 g/mol. The van der Waals surface area contributed by atoms with Crippen molar-refractivity contribution in [3.63, 3.8) is 0 Å². The molecule has 110 valence electrons. The summed E-state index contributed by atoms with van der Waals surface area (Å²) in [4.78, 5) is 4.87. The van der Waals surface area contributed by atoms with E-state index in [1.807, 2.05) is 6.20 Å². The van der Waals surface area contributed by atoms with Crippen LogP contribution in [0.15, 0.2) is 24.7 Å². The minimum absolute atomic E-state index is 0.0777. The highest BCUT2D eigenvalue weighted by molar-refractivity contribution is 5.67. The highest BCUT2D eigenvalue weighted by atomic mass is 15.2. The summed E-state index contributed by atoms with van der Waals surface area (Å²) in [5.41, 5.74) is 4.35. The van der Waals surface area contributed by atoms with E-state index in [4.69, 9.17) is 4.98 Å². The highest BCUT2D eigenvalue weighted by Gasteiger charge is 2.57. The van der Waals surface area contributed by atoms with E-state index in [0.717, 1.165) is 25.8 Å². The fourth-order valence-corrected chi connectivity index (χ4v) is 4.52. The predicted octanol–water partition coefficient (Wildman–Crippen LogP) is 3.20. The van der Waals surface area contributed by atoms with Gasteiger partial charge in [0.2, 0.25) is 0 Å². The molecule has 0 aromatic carbocycles. The van der Waals surface area contributed by atoms with Gasteiger partial charge in [0.25, 0.3) is 5.82 Å². The van der Waals surface area contributed by atoms with Crippen molar-refractivity contribution in [3.8, 4) is 11.4 Å². The topological polar surface area (TPSA) is 21.7 Å².